The molecule has 0 amide bonds. The molecule has 0 unspecified atom stereocenters. The van der Waals surface area contributed by atoms with Gasteiger partial charge in [-0.2, -0.15) is 5.10 Å². The molecule has 19 heavy (non-hydrogen) atoms. The van der Waals surface area contributed by atoms with E-state index in [1.165, 1.54) is 49.4 Å². The number of rotatable bonds is 4. The van der Waals surface area contributed by atoms with Crippen molar-refractivity contribution in [3.63, 3.8) is 0 Å². The van der Waals surface area contributed by atoms with Crippen molar-refractivity contribution in [1.82, 2.24) is 9.78 Å². The number of halogens is 1. The molecular formula is C13H13FN2O3. The van der Waals surface area contributed by atoms with Crippen LogP contribution in [0.2, 0.25) is 0 Å². The smallest absolute Gasteiger partial charge is 0.280 e. The Morgan fingerprint density at radius 3 is 2.53 bits per heavy atom. The fourth-order valence-corrected chi connectivity index (χ4v) is 1.72. The topological polar surface area (TPSA) is 53.4 Å². The molecule has 0 spiro atoms. The van der Waals surface area contributed by atoms with E-state index in [4.69, 9.17) is 9.47 Å². The third-order valence-electron chi connectivity index (χ3n) is 2.61. The number of benzene rings is 1. The molecule has 0 N–H and O–H groups in total. The molecule has 0 aliphatic carbocycles. The van der Waals surface area contributed by atoms with Gasteiger partial charge in [-0.25, -0.2) is 9.07 Å². The molecule has 5 nitrogen and oxygen atoms in total. The van der Waals surface area contributed by atoms with Gasteiger partial charge in [0.05, 0.1) is 18.9 Å². The lowest BCUT2D eigenvalue weighted by molar-refractivity contribution is 0.116. The van der Waals surface area contributed by atoms with Crippen LogP contribution in [0.5, 0.6) is 5.75 Å². The summed E-state index contributed by atoms with van der Waals surface area (Å²) in [5, 5.41) is 3.92. The summed E-state index contributed by atoms with van der Waals surface area (Å²) in [6.45, 7) is 0.0387. The van der Waals surface area contributed by atoms with Crippen molar-refractivity contribution in [2.45, 2.75) is 6.73 Å². The third kappa shape index (κ3) is 2.63. The van der Waals surface area contributed by atoms with Crippen molar-refractivity contribution in [2.75, 3.05) is 14.2 Å². The van der Waals surface area contributed by atoms with Crippen LogP contribution < -0.4 is 10.3 Å². The van der Waals surface area contributed by atoms with Crippen LogP contribution in [0.1, 0.15) is 0 Å². The van der Waals surface area contributed by atoms with Crippen molar-refractivity contribution in [3.05, 3.63) is 46.6 Å². The molecule has 100 valence electrons. The van der Waals surface area contributed by atoms with E-state index < -0.39 is 0 Å². The van der Waals surface area contributed by atoms with Crippen LogP contribution in [0.25, 0.3) is 11.1 Å². The summed E-state index contributed by atoms with van der Waals surface area (Å²) >= 11 is 0. The van der Waals surface area contributed by atoms with Gasteiger partial charge in [-0.1, -0.05) is 12.1 Å². The van der Waals surface area contributed by atoms with Crippen LogP contribution >= 0.6 is 0 Å². The first-order valence-electron chi connectivity index (χ1n) is 5.56. The average molecular weight is 264 g/mol. The highest BCUT2D eigenvalue weighted by molar-refractivity contribution is 5.68. The van der Waals surface area contributed by atoms with Gasteiger partial charge in [0, 0.05) is 7.11 Å². The third-order valence-corrected chi connectivity index (χ3v) is 2.61. The maximum atomic E-state index is 12.9. The van der Waals surface area contributed by atoms with Crippen LogP contribution in [0.4, 0.5) is 4.39 Å². The molecule has 0 fully saturated rings. The first kappa shape index (κ1) is 13.2. The minimum absolute atomic E-state index is 0.0387. The van der Waals surface area contributed by atoms with E-state index in [1.807, 2.05) is 0 Å². The van der Waals surface area contributed by atoms with E-state index in [2.05, 4.69) is 5.10 Å². The van der Waals surface area contributed by atoms with E-state index >= 15 is 0 Å². The van der Waals surface area contributed by atoms with Crippen LogP contribution in [0.3, 0.4) is 0 Å². The summed E-state index contributed by atoms with van der Waals surface area (Å²) in [5.74, 6) is -0.0297. The van der Waals surface area contributed by atoms with Gasteiger partial charge < -0.3 is 9.47 Å². The van der Waals surface area contributed by atoms with E-state index in [9.17, 15) is 9.18 Å². The molecule has 6 heteroatoms. The van der Waals surface area contributed by atoms with E-state index in [1.54, 1.807) is 0 Å². The lowest BCUT2D eigenvalue weighted by atomic mass is 10.1. The Hall–Kier alpha value is -2.21. The van der Waals surface area contributed by atoms with E-state index in [0.717, 1.165) is 0 Å². The van der Waals surface area contributed by atoms with Crippen LogP contribution in [-0.2, 0) is 11.5 Å². The Morgan fingerprint density at radius 2 is 1.95 bits per heavy atom. The SMILES string of the molecule is COCn1ncc(OC)c(-c2ccc(F)cc2)c1=O. The van der Waals surface area contributed by atoms with Gasteiger partial charge in [-0.3, -0.25) is 4.79 Å². The molecule has 1 heterocycles. The fraction of sp³-hybridized carbons (Fsp3) is 0.231. The summed E-state index contributed by atoms with van der Waals surface area (Å²) in [7, 11) is 2.92. The first-order chi connectivity index (χ1) is 9.17. The van der Waals surface area contributed by atoms with E-state index in [-0.39, 0.29) is 18.1 Å². The zero-order chi connectivity index (χ0) is 13.8. The van der Waals surface area contributed by atoms with Crippen molar-refractivity contribution in [1.29, 1.82) is 0 Å². The largest absolute Gasteiger partial charge is 0.494 e. The number of nitrogens with zero attached hydrogens (tertiary/aromatic N) is 2. The number of methoxy groups -OCH3 is 2. The summed E-state index contributed by atoms with van der Waals surface area (Å²) in [5.41, 5.74) is 0.540. The number of hydrogen-bond donors (Lipinski definition) is 0. The van der Waals surface area contributed by atoms with Gasteiger partial charge in [-0.05, 0) is 17.7 Å². The molecule has 0 saturated carbocycles. The Balaban J connectivity index is 2.62. The van der Waals surface area contributed by atoms with Crippen LogP contribution in [-0.4, -0.2) is 24.0 Å². The standard InChI is InChI=1S/C13H13FN2O3/c1-18-8-16-13(17)12(11(19-2)7-15-16)9-3-5-10(14)6-4-9/h3-7H,8H2,1-2H3. The zero-order valence-electron chi connectivity index (χ0n) is 10.6. The molecular weight excluding hydrogens is 251 g/mol. The quantitative estimate of drug-likeness (QED) is 0.842. The molecule has 0 saturated heterocycles. The second kappa shape index (κ2) is 5.62. The Morgan fingerprint density at radius 1 is 1.26 bits per heavy atom. The minimum Gasteiger partial charge on any atom is -0.494 e. The Bertz CT molecular complexity index is 623. The summed E-state index contributed by atoms with van der Waals surface area (Å²) < 4.78 is 24.1. The Labute approximate surface area is 109 Å². The molecule has 1 aromatic carbocycles. The maximum absolute atomic E-state index is 12.9. The predicted molar refractivity (Wildman–Crippen MR) is 67.5 cm³/mol. The molecule has 0 radical (unpaired) electrons. The highest BCUT2D eigenvalue weighted by Gasteiger charge is 2.14. The molecule has 1 aromatic heterocycles. The lowest BCUT2D eigenvalue weighted by Crippen LogP contribution is -2.25. The molecule has 0 aliphatic heterocycles. The van der Waals surface area contributed by atoms with Gasteiger partial charge in [-0.15, -0.1) is 0 Å². The molecule has 0 aliphatic rings. The van der Waals surface area contributed by atoms with Gasteiger partial charge in [0.25, 0.3) is 5.56 Å². The second-order valence-electron chi connectivity index (χ2n) is 3.82. The normalized spacial score (nSPS) is 10.5. The summed E-state index contributed by atoms with van der Waals surface area (Å²) in [6, 6.07) is 5.61. The Kier molecular flexibility index (Phi) is 3.91. The summed E-state index contributed by atoms with van der Waals surface area (Å²) in [6.07, 6.45) is 1.43. The van der Waals surface area contributed by atoms with Crippen molar-refractivity contribution < 1.29 is 13.9 Å². The number of hydrogen-bond acceptors (Lipinski definition) is 4. The molecule has 2 rings (SSSR count). The van der Waals surface area contributed by atoms with Gasteiger partial charge in [0.15, 0.2) is 5.75 Å². The van der Waals surface area contributed by atoms with Crippen molar-refractivity contribution in [2.24, 2.45) is 0 Å². The van der Waals surface area contributed by atoms with Crippen molar-refractivity contribution in [3.8, 4) is 16.9 Å². The maximum Gasteiger partial charge on any atom is 0.280 e. The van der Waals surface area contributed by atoms with E-state index in [0.29, 0.717) is 16.9 Å². The highest BCUT2D eigenvalue weighted by Crippen LogP contribution is 2.25. The average Bonchev–Trinajstić information content (AvgIpc) is 2.42. The lowest BCUT2D eigenvalue weighted by Gasteiger charge is -2.10. The fourth-order valence-electron chi connectivity index (χ4n) is 1.72. The molecule has 0 atom stereocenters. The monoisotopic (exact) mass is 264 g/mol. The summed E-state index contributed by atoms with van der Waals surface area (Å²) in [4.78, 5) is 12.3. The van der Waals surface area contributed by atoms with Gasteiger partial charge in [0.1, 0.15) is 12.5 Å². The molecule has 2 aromatic rings. The van der Waals surface area contributed by atoms with Crippen LogP contribution in [0, 0.1) is 5.82 Å². The zero-order valence-corrected chi connectivity index (χ0v) is 10.6. The first-order valence-corrected chi connectivity index (χ1v) is 5.56. The number of aromatic nitrogens is 2. The van der Waals surface area contributed by atoms with Crippen molar-refractivity contribution >= 4 is 0 Å². The number of ether oxygens (including phenoxy) is 2. The van der Waals surface area contributed by atoms with Gasteiger partial charge >= 0.3 is 0 Å². The van der Waals surface area contributed by atoms with Gasteiger partial charge in [0.2, 0.25) is 0 Å². The second-order valence-corrected chi connectivity index (χ2v) is 3.82. The van der Waals surface area contributed by atoms with Crippen LogP contribution in [0.15, 0.2) is 35.3 Å². The predicted octanol–water partition coefficient (Wildman–Crippen LogP) is 1.66. The highest BCUT2D eigenvalue weighted by atomic mass is 19.1. The molecule has 0 bridgehead atoms. The minimum atomic E-state index is -0.367.